The fourth-order valence-corrected chi connectivity index (χ4v) is 7.90. The minimum absolute atomic E-state index is 0.0841. The molecule has 2 aliphatic rings. The molecular formula is C45H45BrCl2F2N8O5. The van der Waals surface area contributed by atoms with Crippen molar-refractivity contribution in [3.8, 4) is 23.0 Å². The SMILES string of the molecule is C=CC(=O)N1CCC(Oc2cc3c(Nc4ccc(Cl)c(Cl)c4F)ncnc3cc2OC)CC1.COc1cc2c(Nc3ccc(Br)cc3F)ncnc2cc1OCC1CCN(C)CC1. The second-order valence-corrected chi connectivity index (χ2v) is 16.7. The average Bonchev–Trinajstić information content (AvgIpc) is 3.29. The second-order valence-electron chi connectivity index (χ2n) is 15.0. The van der Waals surface area contributed by atoms with Crippen LogP contribution < -0.4 is 29.6 Å². The number of carbonyl (C=O) groups is 1. The van der Waals surface area contributed by atoms with E-state index in [1.54, 1.807) is 43.4 Å². The number of aromatic nitrogens is 4. The lowest BCUT2D eigenvalue weighted by Crippen LogP contribution is -2.41. The molecule has 2 aliphatic heterocycles. The fourth-order valence-electron chi connectivity index (χ4n) is 7.26. The summed E-state index contributed by atoms with van der Waals surface area (Å²) in [5.41, 5.74) is 1.74. The number of nitrogens with zero attached hydrogens (tertiary/aromatic N) is 6. The maximum absolute atomic E-state index is 14.6. The van der Waals surface area contributed by atoms with Crippen molar-refractivity contribution in [1.82, 2.24) is 29.7 Å². The number of ether oxygens (including phenoxy) is 4. The van der Waals surface area contributed by atoms with Gasteiger partial charge in [0.1, 0.15) is 36.2 Å². The molecule has 4 heterocycles. The van der Waals surface area contributed by atoms with Crippen LogP contribution in [0.25, 0.3) is 21.8 Å². The van der Waals surface area contributed by atoms with Crippen LogP contribution in [0.2, 0.25) is 10.0 Å². The van der Waals surface area contributed by atoms with Crippen LogP contribution in [0.3, 0.4) is 0 Å². The Bertz CT molecular complexity index is 2610. The summed E-state index contributed by atoms with van der Waals surface area (Å²) in [4.78, 5) is 33.1. The molecule has 18 heteroatoms. The number of piperidine rings is 2. The highest BCUT2D eigenvalue weighted by Gasteiger charge is 2.25. The van der Waals surface area contributed by atoms with Gasteiger partial charge in [0, 0.05) is 53.3 Å². The Balaban J connectivity index is 0.000000190. The zero-order valence-electron chi connectivity index (χ0n) is 34.8. The van der Waals surface area contributed by atoms with Gasteiger partial charge in [0.15, 0.2) is 28.8 Å². The Morgan fingerprint density at radius 3 is 2.02 bits per heavy atom. The van der Waals surface area contributed by atoms with E-state index in [1.807, 2.05) is 12.1 Å². The van der Waals surface area contributed by atoms with E-state index in [2.05, 4.69) is 65.0 Å². The largest absolute Gasteiger partial charge is 0.493 e. The third-order valence-electron chi connectivity index (χ3n) is 10.8. The molecular weight excluding hydrogens is 921 g/mol. The summed E-state index contributed by atoms with van der Waals surface area (Å²) in [5, 5.41) is 7.29. The van der Waals surface area contributed by atoms with Gasteiger partial charge in [0.05, 0.1) is 53.3 Å². The molecule has 0 bridgehead atoms. The topological polar surface area (TPSA) is 136 Å². The average molecular weight is 967 g/mol. The summed E-state index contributed by atoms with van der Waals surface area (Å²) < 4.78 is 52.9. The number of methoxy groups -OCH3 is 2. The lowest BCUT2D eigenvalue weighted by molar-refractivity contribution is -0.127. The Hall–Kier alpha value is -5.55. The molecule has 0 spiro atoms. The number of likely N-dealkylation sites (tertiary alicyclic amines) is 2. The van der Waals surface area contributed by atoms with Gasteiger partial charge in [-0.25, -0.2) is 28.7 Å². The van der Waals surface area contributed by atoms with Crippen LogP contribution in [0.15, 0.2) is 84.4 Å². The quantitative estimate of drug-likeness (QED) is 0.0893. The molecule has 6 aromatic rings. The number of rotatable bonds is 12. The second kappa shape index (κ2) is 20.8. The van der Waals surface area contributed by atoms with Crippen molar-refractivity contribution in [2.75, 3.05) is 64.7 Å². The minimum Gasteiger partial charge on any atom is -0.493 e. The standard InChI is InChI=1S/C23H21Cl2FN4O3.C22H24BrFN4O2/c1-3-20(31)30-8-6-13(7-9-30)33-19-10-14-17(11-18(19)32-2)27-12-28-23(14)29-16-5-4-15(24)21(25)22(16)26;1-28-7-5-14(6-8-28)12-30-21-11-19-16(10-20(21)29-2)22(26-13-25-19)27-18-4-3-15(23)9-17(18)24/h3-5,10-13H,1,6-9H2,2H3,(H,27,28,29);3-4,9-11,13-14H,5-8,12H2,1-2H3,(H,25,26,27). The number of hydrogen-bond acceptors (Lipinski definition) is 12. The van der Waals surface area contributed by atoms with Crippen molar-refractivity contribution in [2.45, 2.75) is 31.8 Å². The number of anilines is 4. The molecule has 2 saturated heterocycles. The molecule has 1 amide bonds. The van der Waals surface area contributed by atoms with Gasteiger partial charge in [-0.1, -0.05) is 45.7 Å². The van der Waals surface area contributed by atoms with Crippen LogP contribution >= 0.6 is 39.1 Å². The molecule has 0 unspecified atom stereocenters. The maximum atomic E-state index is 14.6. The number of benzene rings is 4. The van der Waals surface area contributed by atoms with E-state index >= 15 is 0 Å². The van der Waals surface area contributed by atoms with Gasteiger partial charge in [0.2, 0.25) is 5.91 Å². The first kappa shape index (κ1) is 45.5. The molecule has 63 heavy (non-hydrogen) atoms. The van der Waals surface area contributed by atoms with Crippen molar-refractivity contribution in [2.24, 2.45) is 5.92 Å². The third kappa shape index (κ3) is 11.0. The monoisotopic (exact) mass is 964 g/mol. The Kier molecular flexibility index (Phi) is 15.0. The van der Waals surface area contributed by atoms with Crippen molar-refractivity contribution in [3.63, 3.8) is 0 Å². The van der Waals surface area contributed by atoms with Crippen LogP contribution in [0.5, 0.6) is 23.0 Å². The highest BCUT2D eigenvalue weighted by molar-refractivity contribution is 9.10. The summed E-state index contributed by atoms with van der Waals surface area (Å²) in [7, 11) is 5.30. The smallest absolute Gasteiger partial charge is 0.245 e. The molecule has 0 atom stereocenters. The molecule has 0 saturated carbocycles. The molecule has 8 rings (SSSR count). The lowest BCUT2D eigenvalue weighted by Gasteiger charge is -2.31. The van der Waals surface area contributed by atoms with E-state index in [1.165, 1.54) is 36.9 Å². The molecule has 330 valence electrons. The van der Waals surface area contributed by atoms with Gasteiger partial charge >= 0.3 is 0 Å². The van der Waals surface area contributed by atoms with E-state index in [-0.39, 0.29) is 33.6 Å². The Labute approximate surface area is 381 Å². The van der Waals surface area contributed by atoms with Crippen molar-refractivity contribution < 1.29 is 32.5 Å². The molecule has 2 fully saturated rings. The summed E-state index contributed by atoms with van der Waals surface area (Å²) >= 11 is 15.1. The molecule has 0 radical (unpaired) electrons. The van der Waals surface area contributed by atoms with E-state index < -0.39 is 5.82 Å². The maximum Gasteiger partial charge on any atom is 0.245 e. The fraction of sp³-hybridized carbons (Fsp3) is 0.311. The Morgan fingerprint density at radius 2 is 1.40 bits per heavy atom. The van der Waals surface area contributed by atoms with Crippen LogP contribution in [-0.4, -0.2) is 95.8 Å². The first-order chi connectivity index (χ1) is 30.4. The van der Waals surface area contributed by atoms with Crippen LogP contribution in [0.4, 0.5) is 31.8 Å². The van der Waals surface area contributed by atoms with E-state index in [0.717, 1.165) is 31.3 Å². The molecule has 13 nitrogen and oxygen atoms in total. The highest BCUT2D eigenvalue weighted by Crippen LogP contribution is 2.39. The summed E-state index contributed by atoms with van der Waals surface area (Å²) in [5.74, 6) is 2.54. The number of amides is 1. The van der Waals surface area contributed by atoms with Crippen molar-refractivity contribution in [3.05, 3.63) is 106 Å². The predicted molar refractivity (Wildman–Crippen MR) is 245 cm³/mol. The summed E-state index contributed by atoms with van der Waals surface area (Å²) in [6.45, 7) is 7.53. The normalized spacial score (nSPS) is 14.8. The van der Waals surface area contributed by atoms with Gasteiger partial charge < -0.3 is 39.4 Å². The van der Waals surface area contributed by atoms with E-state index in [4.69, 9.17) is 42.1 Å². The highest BCUT2D eigenvalue weighted by atomic mass is 79.9. The predicted octanol–water partition coefficient (Wildman–Crippen LogP) is 10.4. The molecule has 2 N–H and O–H groups in total. The van der Waals surface area contributed by atoms with Gasteiger partial charge in [-0.05, 0) is 87.4 Å². The van der Waals surface area contributed by atoms with E-state index in [9.17, 15) is 13.6 Å². The van der Waals surface area contributed by atoms with Gasteiger partial charge in [-0.3, -0.25) is 4.79 Å². The number of hydrogen-bond donors (Lipinski definition) is 2. The van der Waals surface area contributed by atoms with Crippen molar-refractivity contribution in [1.29, 1.82) is 0 Å². The lowest BCUT2D eigenvalue weighted by atomic mass is 9.98. The Morgan fingerprint density at radius 1 is 0.810 bits per heavy atom. The summed E-state index contributed by atoms with van der Waals surface area (Å²) in [6, 6.07) is 15.0. The zero-order chi connectivity index (χ0) is 44.6. The zero-order valence-corrected chi connectivity index (χ0v) is 37.9. The number of nitrogens with one attached hydrogen (secondary N) is 2. The molecule has 4 aromatic carbocycles. The minimum atomic E-state index is -0.679. The number of fused-ring (bicyclic) bond motifs is 2. The number of carbonyl (C=O) groups excluding carboxylic acids is 1. The van der Waals surface area contributed by atoms with Gasteiger partial charge in [-0.15, -0.1) is 0 Å². The van der Waals surface area contributed by atoms with Crippen molar-refractivity contribution >= 4 is 89.9 Å². The van der Waals surface area contributed by atoms with Gasteiger partial charge in [-0.2, -0.15) is 0 Å². The molecule has 0 aliphatic carbocycles. The van der Waals surface area contributed by atoms with E-state index in [0.29, 0.717) is 99.7 Å². The number of halogens is 5. The van der Waals surface area contributed by atoms with Crippen LogP contribution in [0, 0.1) is 17.6 Å². The van der Waals surface area contributed by atoms with Crippen LogP contribution in [-0.2, 0) is 4.79 Å². The molecule has 2 aromatic heterocycles. The van der Waals surface area contributed by atoms with Gasteiger partial charge in [0.25, 0.3) is 0 Å². The summed E-state index contributed by atoms with van der Waals surface area (Å²) in [6.07, 6.45) is 7.64. The van der Waals surface area contributed by atoms with Crippen LogP contribution in [0.1, 0.15) is 25.7 Å². The third-order valence-corrected chi connectivity index (χ3v) is 12.1. The first-order valence-corrected chi connectivity index (χ1v) is 21.7. The first-order valence-electron chi connectivity index (χ1n) is 20.1.